The van der Waals surface area contributed by atoms with Crippen LogP contribution in [0.4, 0.5) is 5.69 Å². The van der Waals surface area contributed by atoms with Crippen molar-refractivity contribution in [2.45, 2.75) is 32.2 Å². The number of anilines is 1. The summed E-state index contributed by atoms with van der Waals surface area (Å²) in [5, 5.41) is 2.84. The van der Waals surface area contributed by atoms with Gasteiger partial charge in [-0.2, -0.15) is 0 Å². The molecule has 0 unspecified atom stereocenters. The number of benzene rings is 4. The van der Waals surface area contributed by atoms with Gasteiger partial charge in [0, 0.05) is 38.2 Å². The van der Waals surface area contributed by atoms with E-state index in [9.17, 15) is 9.59 Å². The van der Waals surface area contributed by atoms with Crippen molar-refractivity contribution in [1.29, 1.82) is 0 Å². The smallest absolute Gasteiger partial charge is 0.221 e. The summed E-state index contributed by atoms with van der Waals surface area (Å²) >= 11 is 0. The lowest BCUT2D eigenvalue weighted by atomic mass is 9.90. The predicted octanol–water partition coefficient (Wildman–Crippen LogP) is 5.78. The summed E-state index contributed by atoms with van der Waals surface area (Å²) in [6, 6.07) is 36.8. The monoisotopic (exact) mass is 535 g/mol. The Hall–Kier alpha value is -4.42. The first-order valence-electron chi connectivity index (χ1n) is 13.6. The Morgan fingerprint density at radius 1 is 0.800 bits per heavy atom. The van der Waals surface area contributed by atoms with Crippen LogP contribution in [0, 0.1) is 0 Å². The molecule has 4 aromatic rings. The minimum absolute atomic E-state index is 0.0783. The second-order valence-corrected chi connectivity index (χ2v) is 9.98. The largest absolute Gasteiger partial charge is 0.494 e. The van der Waals surface area contributed by atoms with Gasteiger partial charge in [0.05, 0.1) is 13.0 Å². The number of nitrogens with two attached hydrogens (primary N) is 1. The van der Waals surface area contributed by atoms with E-state index in [0.717, 1.165) is 43.1 Å². The Morgan fingerprint density at radius 2 is 1.38 bits per heavy atom. The fourth-order valence-electron chi connectivity index (χ4n) is 4.80. The lowest BCUT2D eigenvalue weighted by Crippen LogP contribution is -2.30. The third-order valence-electron chi connectivity index (χ3n) is 6.71. The number of carbonyl (C=O) groups is 2. The molecule has 0 spiro atoms. The SMILES string of the molecule is CC(=O)Nc1ccc(CN(CCCOc2ccc(CC(N)=O)cc2)CC(c2ccccc2)c2ccccc2)cc1. The maximum atomic E-state index is 11.4. The van der Waals surface area contributed by atoms with Crippen LogP contribution in [0.15, 0.2) is 109 Å². The molecule has 206 valence electrons. The molecule has 0 saturated carbocycles. The number of rotatable bonds is 14. The second-order valence-electron chi connectivity index (χ2n) is 9.98. The summed E-state index contributed by atoms with van der Waals surface area (Å²) in [6.45, 7) is 4.57. The molecule has 0 radical (unpaired) electrons. The third-order valence-corrected chi connectivity index (χ3v) is 6.71. The summed E-state index contributed by atoms with van der Waals surface area (Å²) in [5.41, 5.74) is 10.7. The first-order valence-corrected chi connectivity index (χ1v) is 13.6. The molecule has 0 aliphatic heterocycles. The number of carbonyl (C=O) groups excluding carboxylic acids is 2. The number of amides is 2. The second kappa shape index (κ2) is 14.7. The van der Waals surface area contributed by atoms with E-state index in [1.165, 1.54) is 23.6 Å². The molecule has 40 heavy (non-hydrogen) atoms. The predicted molar refractivity (Wildman–Crippen MR) is 160 cm³/mol. The molecule has 0 saturated heterocycles. The fourth-order valence-corrected chi connectivity index (χ4v) is 4.80. The van der Waals surface area contributed by atoms with Gasteiger partial charge in [0.2, 0.25) is 11.8 Å². The first kappa shape index (κ1) is 28.6. The van der Waals surface area contributed by atoms with E-state index in [1.807, 2.05) is 36.4 Å². The average Bonchev–Trinajstić information content (AvgIpc) is 2.96. The Morgan fingerprint density at radius 3 is 1.93 bits per heavy atom. The van der Waals surface area contributed by atoms with Crippen molar-refractivity contribution < 1.29 is 14.3 Å². The molecule has 6 nitrogen and oxygen atoms in total. The molecule has 4 aromatic carbocycles. The summed E-state index contributed by atoms with van der Waals surface area (Å²) in [5.74, 6) is 0.577. The van der Waals surface area contributed by atoms with Crippen molar-refractivity contribution in [2.24, 2.45) is 5.73 Å². The zero-order chi connectivity index (χ0) is 28.2. The molecule has 4 rings (SSSR count). The molecule has 0 heterocycles. The zero-order valence-electron chi connectivity index (χ0n) is 23.0. The molecule has 0 fully saturated rings. The van der Waals surface area contributed by atoms with Gasteiger partial charge >= 0.3 is 0 Å². The lowest BCUT2D eigenvalue weighted by Gasteiger charge is -2.28. The van der Waals surface area contributed by atoms with Crippen LogP contribution in [-0.4, -0.2) is 36.4 Å². The number of primary amides is 1. The van der Waals surface area contributed by atoms with Crippen LogP contribution >= 0.6 is 0 Å². The molecule has 0 bridgehead atoms. The van der Waals surface area contributed by atoms with E-state index >= 15 is 0 Å². The minimum atomic E-state index is -0.345. The van der Waals surface area contributed by atoms with E-state index < -0.39 is 0 Å². The number of nitrogens with one attached hydrogen (secondary N) is 1. The standard InChI is InChI=1S/C34H37N3O3/c1-26(38)36-31-17-13-28(14-18-31)24-37(21-8-22-40-32-19-15-27(16-20-32)23-34(35)39)25-33(29-9-4-2-5-10-29)30-11-6-3-7-12-30/h2-7,9-20,33H,8,21-25H2,1H3,(H2,35,39)(H,36,38). The van der Waals surface area contributed by atoms with Crippen LogP contribution in [-0.2, 0) is 22.6 Å². The highest BCUT2D eigenvalue weighted by atomic mass is 16.5. The average molecular weight is 536 g/mol. The highest BCUT2D eigenvalue weighted by Gasteiger charge is 2.19. The highest BCUT2D eigenvalue weighted by molar-refractivity contribution is 5.88. The number of hydrogen-bond donors (Lipinski definition) is 2. The topological polar surface area (TPSA) is 84.7 Å². The molecule has 0 atom stereocenters. The van der Waals surface area contributed by atoms with E-state index in [-0.39, 0.29) is 24.2 Å². The first-order chi connectivity index (χ1) is 19.5. The molecule has 0 aromatic heterocycles. The van der Waals surface area contributed by atoms with Gasteiger partial charge in [0.25, 0.3) is 0 Å². The lowest BCUT2D eigenvalue weighted by molar-refractivity contribution is -0.117. The van der Waals surface area contributed by atoms with Crippen LogP contribution in [0.25, 0.3) is 0 Å². The Kier molecular flexibility index (Phi) is 10.5. The normalized spacial score (nSPS) is 11.0. The number of nitrogens with zero attached hydrogens (tertiary/aromatic N) is 1. The van der Waals surface area contributed by atoms with Crippen LogP contribution < -0.4 is 15.8 Å². The Bertz CT molecular complexity index is 1300. The summed E-state index contributed by atoms with van der Waals surface area (Å²) in [6.07, 6.45) is 1.08. The fraction of sp³-hybridized carbons (Fsp3) is 0.235. The summed E-state index contributed by atoms with van der Waals surface area (Å²) < 4.78 is 6.01. The van der Waals surface area contributed by atoms with Gasteiger partial charge in [0.15, 0.2) is 0 Å². The molecule has 0 aliphatic carbocycles. The Labute approximate surface area is 236 Å². The molecule has 3 N–H and O–H groups in total. The van der Waals surface area contributed by atoms with E-state index in [0.29, 0.717) is 6.61 Å². The van der Waals surface area contributed by atoms with E-state index in [2.05, 4.69) is 83.0 Å². The van der Waals surface area contributed by atoms with Gasteiger partial charge in [-0.25, -0.2) is 0 Å². The van der Waals surface area contributed by atoms with Crippen molar-refractivity contribution in [3.63, 3.8) is 0 Å². The molecule has 6 heteroatoms. The number of hydrogen-bond acceptors (Lipinski definition) is 4. The maximum Gasteiger partial charge on any atom is 0.221 e. The minimum Gasteiger partial charge on any atom is -0.494 e. The van der Waals surface area contributed by atoms with Crippen molar-refractivity contribution >= 4 is 17.5 Å². The van der Waals surface area contributed by atoms with Gasteiger partial charge in [0.1, 0.15) is 5.75 Å². The van der Waals surface area contributed by atoms with Gasteiger partial charge in [-0.1, -0.05) is 84.9 Å². The summed E-state index contributed by atoms with van der Waals surface area (Å²) in [7, 11) is 0. The van der Waals surface area contributed by atoms with Gasteiger partial charge in [-0.3, -0.25) is 14.5 Å². The number of ether oxygens (including phenoxy) is 1. The van der Waals surface area contributed by atoms with Crippen molar-refractivity contribution in [2.75, 3.05) is 25.0 Å². The maximum absolute atomic E-state index is 11.4. The van der Waals surface area contributed by atoms with Gasteiger partial charge < -0.3 is 15.8 Å². The van der Waals surface area contributed by atoms with E-state index in [4.69, 9.17) is 10.5 Å². The van der Waals surface area contributed by atoms with Crippen LogP contribution in [0.1, 0.15) is 41.5 Å². The Balaban J connectivity index is 1.45. The summed E-state index contributed by atoms with van der Waals surface area (Å²) in [4.78, 5) is 25.0. The molecule has 0 aliphatic rings. The third kappa shape index (κ3) is 9.10. The van der Waals surface area contributed by atoms with Crippen molar-refractivity contribution in [3.05, 3.63) is 131 Å². The van der Waals surface area contributed by atoms with Crippen molar-refractivity contribution in [3.8, 4) is 5.75 Å². The molecule has 2 amide bonds. The highest BCUT2D eigenvalue weighted by Crippen LogP contribution is 2.27. The van der Waals surface area contributed by atoms with Gasteiger partial charge in [-0.15, -0.1) is 0 Å². The molecular weight excluding hydrogens is 498 g/mol. The quantitative estimate of drug-likeness (QED) is 0.201. The van der Waals surface area contributed by atoms with Crippen LogP contribution in [0.2, 0.25) is 0 Å². The van der Waals surface area contributed by atoms with Crippen LogP contribution in [0.3, 0.4) is 0 Å². The van der Waals surface area contributed by atoms with E-state index in [1.54, 1.807) is 0 Å². The van der Waals surface area contributed by atoms with Gasteiger partial charge in [-0.05, 0) is 52.9 Å². The van der Waals surface area contributed by atoms with Crippen molar-refractivity contribution in [1.82, 2.24) is 4.90 Å². The zero-order valence-corrected chi connectivity index (χ0v) is 23.0. The van der Waals surface area contributed by atoms with Crippen LogP contribution in [0.5, 0.6) is 5.75 Å². The molecular formula is C34H37N3O3.